The van der Waals surface area contributed by atoms with E-state index in [4.69, 9.17) is 0 Å². The molecular formula is C16H24N4. The molecule has 0 N–H and O–H groups in total. The molecule has 0 fully saturated rings. The molecule has 1 aromatic heterocycles. The van der Waals surface area contributed by atoms with Crippen LogP contribution in [0.4, 0.5) is 0 Å². The molecule has 0 aliphatic heterocycles. The van der Waals surface area contributed by atoms with Crippen LogP contribution in [0.15, 0.2) is 47.6 Å². The van der Waals surface area contributed by atoms with Crippen LogP contribution in [0.1, 0.15) is 45.7 Å². The van der Waals surface area contributed by atoms with E-state index in [2.05, 4.69) is 35.0 Å². The van der Waals surface area contributed by atoms with E-state index in [9.17, 15) is 0 Å². The number of allylic oxidation sites excluding steroid dienone is 2. The van der Waals surface area contributed by atoms with E-state index in [1.54, 1.807) is 24.8 Å². The second-order valence-corrected chi connectivity index (χ2v) is 4.53. The van der Waals surface area contributed by atoms with Crippen molar-refractivity contribution in [1.29, 1.82) is 0 Å². The van der Waals surface area contributed by atoms with Gasteiger partial charge in [0.05, 0.1) is 6.20 Å². The van der Waals surface area contributed by atoms with E-state index >= 15 is 0 Å². The van der Waals surface area contributed by atoms with E-state index in [1.807, 2.05) is 24.9 Å². The number of aromatic nitrogens is 2. The highest BCUT2D eigenvalue weighted by Gasteiger charge is 2.09. The van der Waals surface area contributed by atoms with Gasteiger partial charge in [0.2, 0.25) is 0 Å². The third-order valence-electron chi connectivity index (χ3n) is 2.87. The predicted octanol–water partition coefficient (Wildman–Crippen LogP) is 3.78. The molecule has 0 saturated carbocycles. The van der Waals surface area contributed by atoms with Crippen LogP contribution in [0.3, 0.4) is 0 Å². The zero-order valence-corrected chi connectivity index (χ0v) is 12.9. The first-order valence-electron chi connectivity index (χ1n) is 7.10. The van der Waals surface area contributed by atoms with Gasteiger partial charge >= 0.3 is 0 Å². The molecule has 0 bridgehead atoms. The lowest BCUT2D eigenvalue weighted by Crippen LogP contribution is -2.24. The second-order valence-electron chi connectivity index (χ2n) is 4.53. The van der Waals surface area contributed by atoms with Crippen molar-refractivity contribution in [2.75, 3.05) is 7.05 Å². The molecule has 0 aromatic carbocycles. The van der Waals surface area contributed by atoms with E-state index in [-0.39, 0.29) is 0 Å². The van der Waals surface area contributed by atoms with E-state index in [0.717, 1.165) is 30.8 Å². The maximum absolute atomic E-state index is 4.47. The minimum Gasteiger partial charge on any atom is -0.334 e. The van der Waals surface area contributed by atoms with E-state index < -0.39 is 0 Å². The predicted molar refractivity (Wildman–Crippen MR) is 84.4 cm³/mol. The first-order chi connectivity index (χ1) is 9.72. The molecule has 108 valence electrons. The van der Waals surface area contributed by atoms with E-state index in [0.29, 0.717) is 0 Å². The topological polar surface area (TPSA) is 41.4 Å². The van der Waals surface area contributed by atoms with Crippen LogP contribution in [0.2, 0.25) is 0 Å². The molecule has 0 unspecified atom stereocenters. The van der Waals surface area contributed by atoms with Gasteiger partial charge in [0.15, 0.2) is 5.84 Å². The van der Waals surface area contributed by atoms with Crippen molar-refractivity contribution in [2.24, 2.45) is 4.99 Å². The van der Waals surface area contributed by atoms with Gasteiger partial charge in [-0.2, -0.15) is 0 Å². The summed E-state index contributed by atoms with van der Waals surface area (Å²) >= 11 is 0. The number of aliphatic imine (C=N–C) groups is 1. The van der Waals surface area contributed by atoms with Crippen LogP contribution in [-0.2, 0) is 0 Å². The van der Waals surface area contributed by atoms with Crippen LogP contribution in [0.25, 0.3) is 0 Å². The van der Waals surface area contributed by atoms with Gasteiger partial charge in [0.25, 0.3) is 0 Å². The van der Waals surface area contributed by atoms with Gasteiger partial charge in [0.1, 0.15) is 5.69 Å². The second kappa shape index (κ2) is 9.02. The fourth-order valence-electron chi connectivity index (χ4n) is 1.89. The van der Waals surface area contributed by atoms with Crippen molar-refractivity contribution < 1.29 is 0 Å². The molecular weight excluding hydrogens is 248 g/mol. The SMILES string of the molecule is C/C=C\N=C(c1cnccn1)N(C)/C=C(/CC)CCC. The molecule has 0 aliphatic rings. The summed E-state index contributed by atoms with van der Waals surface area (Å²) < 4.78 is 0. The van der Waals surface area contributed by atoms with Crippen LogP contribution >= 0.6 is 0 Å². The van der Waals surface area contributed by atoms with Gasteiger partial charge in [-0.15, -0.1) is 0 Å². The van der Waals surface area contributed by atoms with Crippen LogP contribution in [0, 0.1) is 0 Å². The quantitative estimate of drug-likeness (QED) is 0.584. The van der Waals surface area contributed by atoms with Gasteiger partial charge in [-0.05, 0) is 19.8 Å². The Bertz CT molecular complexity index is 475. The summed E-state index contributed by atoms with van der Waals surface area (Å²) in [5.41, 5.74) is 2.18. The molecule has 1 rings (SSSR count). The molecule has 0 atom stereocenters. The number of rotatable bonds is 6. The third-order valence-corrected chi connectivity index (χ3v) is 2.87. The first kappa shape index (κ1) is 16.1. The zero-order chi connectivity index (χ0) is 14.8. The minimum absolute atomic E-state index is 0.774. The maximum atomic E-state index is 4.47. The van der Waals surface area contributed by atoms with Crippen molar-refractivity contribution in [1.82, 2.24) is 14.9 Å². The average molecular weight is 272 g/mol. The Morgan fingerprint density at radius 2 is 2.15 bits per heavy atom. The molecule has 0 amide bonds. The highest BCUT2D eigenvalue weighted by atomic mass is 15.2. The Balaban J connectivity index is 3.06. The highest BCUT2D eigenvalue weighted by Crippen LogP contribution is 2.11. The molecule has 1 heterocycles. The van der Waals surface area contributed by atoms with Crippen molar-refractivity contribution in [3.8, 4) is 0 Å². The Morgan fingerprint density at radius 1 is 1.35 bits per heavy atom. The Kier molecular flexibility index (Phi) is 7.25. The lowest BCUT2D eigenvalue weighted by Gasteiger charge is -2.18. The standard InChI is InChI=1S/C16H24N4/c1-5-8-14(7-3)13-20(4)16(19-9-6-2)15-12-17-10-11-18-15/h6,9-13H,5,7-8H2,1-4H3/b9-6-,14-13-,19-16?. The Morgan fingerprint density at radius 3 is 2.70 bits per heavy atom. The summed E-state index contributed by atoms with van der Waals surface area (Å²) in [5, 5.41) is 0. The summed E-state index contributed by atoms with van der Waals surface area (Å²) in [6.07, 6.45) is 14.2. The van der Waals surface area contributed by atoms with Gasteiger partial charge in [-0.1, -0.05) is 31.9 Å². The summed E-state index contributed by atoms with van der Waals surface area (Å²) in [4.78, 5) is 15.0. The maximum Gasteiger partial charge on any atom is 0.159 e. The van der Waals surface area contributed by atoms with Crippen LogP contribution in [-0.4, -0.2) is 27.8 Å². The molecule has 0 spiro atoms. The number of hydrogen-bond donors (Lipinski definition) is 0. The highest BCUT2D eigenvalue weighted by molar-refractivity contribution is 5.97. The van der Waals surface area contributed by atoms with Crippen molar-refractivity contribution >= 4 is 5.84 Å². The Hall–Kier alpha value is -1.97. The van der Waals surface area contributed by atoms with Gasteiger partial charge in [-0.3, -0.25) is 4.98 Å². The summed E-state index contributed by atoms with van der Waals surface area (Å²) in [6, 6.07) is 0. The molecule has 1 aromatic rings. The fourth-order valence-corrected chi connectivity index (χ4v) is 1.89. The van der Waals surface area contributed by atoms with Crippen LogP contribution in [0.5, 0.6) is 0 Å². The first-order valence-corrected chi connectivity index (χ1v) is 7.10. The molecule has 20 heavy (non-hydrogen) atoms. The Labute approximate surface area is 122 Å². The number of amidine groups is 1. The van der Waals surface area contributed by atoms with E-state index in [1.165, 1.54) is 5.57 Å². The van der Waals surface area contributed by atoms with Crippen molar-refractivity contribution in [2.45, 2.75) is 40.0 Å². The summed E-state index contributed by atoms with van der Waals surface area (Å²) in [7, 11) is 2.00. The summed E-state index contributed by atoms with van der Waals surface area (Å²) in [6.45, 7) is 6.32. The monoisotopic (exact) mass is 272 g/mol. The lowest BCUT2D eigenvalue weighted by molar-refractivity contribution is 0.661. The van der Waals surface area contributed by atoms with Crippen molar-refractivity contribution in [3.63, 3.8) is 0 Å². The van der Waals surface area contributed by atoms with Gasteiger partial charge < -0.3 is 4.90 Å². The molecule has 0 saturated heterocycles. The van der Waals surface area contributed by atoms with Gasteiger partial charge in [-0.25, -0.2) is 9.98 Å². The summed E-state index contributed by atoms with van der Waals surface area (Å²) in [5.74, 6) is 0.804. The normalized spacial score (nSPS) is 13.0. The number of nitrogens with zero attached hydrogens (tertiary/aromatic N) is 4. The molecule has 0 aliphatic carbocycles. The molecule has 4 nitrogen and oxygen atoms in total. The van der Waals surface area contributed by atoms with Crippen LogP contribution < -0.4 is 0 Å². The fraction of sp³-hybridized carbons (Fsp3) is 0.438. The lowest BCUT2D eigenvalue weighted by atomic mass is 10.1. The zero-order valence-electron chi connectivity index (χ0n) is 12.9. The van der Waals surface area contributed by atoms with Gasteiger partial charge in [0, 0.05) is 31.8 Å². The minimum atomic E-state index is 0.774. The third kappa shape index (κ3) is 4.96. The average Bonchev–Trinajstić information content (AvgIpc) is 2.48. The van der Waals surface area contributed by atoms with Crippen molar-refractivity contribution in [3.05, 3.63) is 48.3 Å². The molecule has 4 heteroatoms. The number of hydrogen-bond acceptors (Lipinski definition) is 3. The smallest absolute Gasteiger partial charge is 0.159 e. The molecule has 0 radical (unpaired) electrons. The largest absolute Gasteiger partial charge is 0.334 e.